The number of amides is 1. The predicted octanol–water partition coefficient (Wildman–Crippen LogP) is 2.42. The summed E-state index contributed by atoms with van der Waals surface area (Å²) in [4.78, 5) is 43.3. The summed E-state index contributed by atoms with van der Waals surface area (Å²) in [7, 11) is 0. The molecule has 8 nitrogen and oxygen atoms in total. The molecule has 2 fully saturated rings. The minimum atomic E-state index is -1.25. The summed E-state index contributed by atoms with van der Waals surface area (Å²) < 4.78 is 11.1. The van der Waals surface area contributed by atoms with Gasteiger partial charge >= 0.3 is 0 Å². The Morgan fingerprint density at radius 1 is 1.00 bits per heavy atom. The van der Waals surface area contributed by atoms with Gasteiger partial charge in [0.1, 0.15) is 17.3 Å². The van der Waals surface area contributed by atoms with Crippen LogP contribution < -0.4 is 0 Å². The van der Waals surface area contributed by atoms with Crippen LogP contribution in [0.15, 0.2) is 59.0 Å². The number of Topliss-reactive ketones (excluding diaryl/α,β-unsaturated/α-hetero) is 2. The summed E-state index contributed by atoms with van der Waals surface area (Å²) in [6.45, 7) is 3.58. The second-order valence-electron chi connectivity index (χ2n) is 8.35. The Hall–Kier alpha value is -3.49. The van der Waals surface area contributed by atoms with E-state index in [9.17, 15) is 19.5 Å². The van der Waals surface area contributed by atoms with Gasteiger partial charge in [-0.1, -0.05) is 30.3 Å². The number of ether oxygens (including phenoxy) is 1. The number of ketones is 2. The van der Waals surface area contributed by atoms with E-state index in [4.69, 9.17) is 9.15 Å². The number of benzene rings is 2. The van der Waals surface area contributed by atoms with Crippen LogP contribution in [0, 0.1) is 5.92 Å². The van der Waals surface area contributed by atoms with Crippen LogP contribution >= 0.6 is 0 Å². The Bertz CT molecular complexity index is 1180. The number of fused-ring (bicyclic) bond motifs is 1. The van der Waals surface area contributed by atoms with Crippen molar-refractivity contribution >= 4 is 28.4 Å². The standard InChI is InChI=1S/C25H24N2O6/c28-18-6-3-5-17(14-18)22-21(23(29)20-15-16-4-1-2-7-19(16)33-20)24(30)25(31)27(22)9-8-26-10-12-32-13-11-26/h1-7,14-15,21-22,28H,8-13H2. The second kappa shape index (κ2) is 8.80. The van der Waals surface area contributed by atoms with Crippen molar-refractivity contribution in [2.75, 3.05) is 39.4 Å². The Morgan fingerprint density at radius 3 is 2.55 bits per heavy atom. The molecule has 2 atom stereocenters. The molecule has 2 aliphatic rings. The molecular weight excluding hydrogens is 424 g/mol. The van der Waals surface area contributed by atoms with Crippen molar-refractivity contribution in [3.63, 3.8) is 0 Å². The smallest absolute Gasteiger partial charge is 0.291 e. The van der Waals surface area contributed by atoms with E-state index in [1.807, 2.05) is 12.1 Å². The Morgan fingerprint density at radius 2 is 1.79 bits per heavy atom. The first kappa shape index (κ1) is 21.4. The van der Waals surface area contributed by atoms with Crippen molar-refractivity contribution < 1.29 is 28.6 Å². The molecule has 170 valence electrons. The fraction of sp³-hybridized carbons (Fsp3) is 0.320. The van der Waals surface area contributed by atoms with Crippen molar-refractivity contribution in [2.24, 2.45) is 5.92 Å². The molecular formula is C25H24N2O6. The highest BCUT2D eigenvalue weighted by molar-refractivity contribution is 6.43. The van der Waals surface area contributed by atoms with E-state index in [0.717, 1.165) is 18.5 Å². The first-order valence-electron chi connectivity index (χ1n) is 11.0. The zero-order valence-electron chi connectivity index (χ0n) is 18.0. The number of likely N-dealkylation sites (tertiary alicyclic amines) is 1. The van der Waals surface area contributed by atoms with Gasteiger partial charge in [-0.3, -0.25) is 19.3 Å². The summed E-state index contributed by atoms with van der Waals surface area (Å²) in [5.74, 6) is -3.18. The van der Waals surface area contributed by atoms with E-state index in [0.29, 0.717) is 30.9 Å². The lowest BCUT2D eigenvalue weighted by Gasteiger charge is -2.31. The SMILES string of the molecule is O=C1C(=O)N(CCN2CCOCC2)C(c2cccc(O)c2)C1C(=O)c1cc2ccccc2o1. The average Bonchev–Trinajstić information content (AvgIpc) is 3.37. The number of morpholine rings is 1. The van der Waals surface area contributed by atoms with Crippen LogP contribution in [0.1, 0.15) is 22.2 Å². The number of para-hydroxylation sites is 1. The number of furan rings is 1. The first-order valence-corrected chi connectivity index (χ1v) is 11.0. The molecule has 8 heteroatoms. The molecule has 3 heterocycles. The van der Waals surface area contributed by atoms with E-state index in [1.54, 1.807) is 30.3 Å². The number of phenolic OH excluding ortho intramolecular Hbond substituents is 1. The van der Waals surface area contributed by atoms with E-state index < -0.39 is 29.4 Å². The summed E-state index contributed by atoms with van der Waals surface area (Å²) in [6, 6.07) is 14.3. The normalized spacial score (nSPS) is 21.8. The fourth-order valence-corrected chi connectivity index (χ4v) is 4.64. The summed E-state index contributed by atoms with van der Waals surface area (Å²) in [5, 5.41) is 10.8. The maximum atomic E-state index is 13.5. The van der Waals surface area contributed by atoms with Gasteiger partial charge in [0.2, 0.25) is 11.6 Å². The molecule has 33 heavy (non-hydrogen) atoms. The van der Waals surface area contributed by atoms with Gasteiger partial charge in [-0.25, -0.2) is 0 Å². The third kappa shape index (κ3) is 4.03. The Kier molecular flexibility index (Phi) is 5.70. The number of carbonyl (C=O) groups is 3. The third-order valence-electron chi connectivity index (χ3n) is 6.33. The van der Waals surface area contributed by atoms with Crippen LogP contribution in [-0.2, 0) is 14.3 Å². The van der Waals surface area contributed by atoms with E-state index in [2.05, 4.69) is 4.90 Å². The molecule has 3 aromatic rings. The summed E-state index contributed by atoms with van der Waals surface area (Å²) in [6.07, 6.45) is 0. The van der Waals surface area contributed by atoms with Gasteiger partial charge in [-0.15, -0.1) is 0 Å². The van der Waals surface area contributed by atoms with Gasteiger partial charge in [0.15, 0.2) is 5.76 Å². The van der Waals surface area contributed by atoms with Crippen molar-refractivity contribution in [1.29, 1.82) is 0 Å². The number of aromatic hydroxyl groups is 1. The number of nitrogens with zero attached hydrogens (tertiary/aromatic N) is 2. The Balaban J connectivity index is 1.49. The van der Waals surface area contributed by atoms with Crippen LogP contribution in [0.4, 0.5) is 0 Å². The zero-order valence-corrected chi connectivity index (χ0v) is 18.0. The maximum absolute atomic E-state index is 13.5. The van der Waals surface area contributed by atoms with Gasteiger partial charge in [-0.05, 0) is 29.8 Å². The highest BCUT2D eigenvalue weighted by atomic mass is 16.5. The molecule has 2 saturated heterocycles. The maximum Gasteiger partial charge on any atom is 0.291 e. The van der Waals surface area contributed by atoms with Gasteiger partial charge in [-0.2, -0.15) is 0 Å². The lowest BCUT2D eigenvalue weighted by molar-refractivity contribution is -0.141. The van der Waals surface area contributed by atoms with Crippen molar-refractivity contribution in [2.45, 2.75) is 6.04 Å². The molecule has 2 aliphatic heterocycles. The minimum absolute atomic E-state index is 0.00219. The number of hydrogen-bond donors (Lipinski definition) is 1. The van der Waals surface area contributed by atoms with Crippen LogP contribution in [0.25, 0.3) is 11.0 Å². The van der Waals surface area contributed by atoms with E-state index >= 15 is 0 Å². The molecule has 1 N–H and O–H groups in total. The van der Waals surface area contributed by atoms with Crippen LogP contribution in [-0.4, -0.2) is 71.8 Å². The highest BCUT2D eigenvalue weighted by Crippen LogP contribution is 2.39. The lowest BCUT2D eigenvalue weighted by atomic mass is 9.88. The van der Waals surface area contributed by atoms with Gasteiger partial charge in [0, 0.05) is 31.6 Å². The summed E-state index contributed by atoms with van der Waals surface area (Å²) in [5.41, 5.74) is 1.07. The molecule has 0 radical (unpaired) electrons. The largest absolute Gasteiger partial charge is 0.508 e. The third-order valence-corrected chi connectivity index (χ3v) is 6.33. The number of hydrogen-bond acceptors (Lipinski definition) is 7. The highest BCUT2D eigenvalue weighted by Gasteiger charge is 2.52. The molecule has 2 unspecified atom stereocenters. The minimum Gasteiger partial charge on any atom is -0.508 e. The second-order valence-corrected chi connectivity index (χ2v) is 8.35. The topological polar surface area (TPSA) is 100 Å². The molecule has 2 aromatic carbocycles. The molecule has 1 aromatic heterocycles. The first-order chi connectivity index (χ1) is 16.0. The van der Waals surface area contributed by atoms with Gasteiger partial charge in [0.05, 0.1) is 19.3 Å². The quantitative estimate of drug-likeness (QED) is 0.351. The lowest BCUT2D eigenvalue weighted by Crippen LogP contribution is -2.42. The molecule has 5 rings (SSSR count). The zero-order chi connectivity index (χ0) is 22.9. The van der Waals surface area contributed by atoms with Crippen molar-refractivity contribution in [1.82, 2.24) is 9.80 Å². The van der Waals surface area contributed by atoms with Gasteiger partial charge in [0.25, 0.3) is 5.91 Å². The predicted molar refractivity (Wildman–Crippen MR) is 119 cm³/mol. The van der Waals surface area contributed by atoms with E-state index in [-0.39, 0.29) is 18.1 Å². The molecule has 0 spiro atoms. The molecule has 0 aliphatic carbocycles. The average molecular weight is 448 g/mol. The molecule has 0 bridgehead atoms. The van der Waals surface area contributed by atoms with Crippen LogP contribution in [0.3, 0.4) is 0 Å². The molecule has 0 saturated carbocycles. The summed E-state index contributed by atoms with van der Waals surface area (Å²) >= 11 is 0. The van der Waals surface area contributed by atoms with Crippen LogP contribution in [0.2, 0.25) is 0 Å². The number of rotatable bonds is 6. The van der Waals surface area contributed by atoms with Crippen molar-refractivity contribution in [3.05, 3.63) is 65.9 Å². The monoisotopic (exact) mass is 448 g/mol. The fourth-order valence-electron chi connectivity index (χ4n) is 4.64. The van der Waals surface area contributed by atoms with Crippen LogP contribution in [0.5, 0.6) is 5.75 Å². The van der Waals surface area contributed by atoms with Crippen molar-refractivity contribution in [3.8, 4) is 5.75 Å². The Labute approximate surface area is 190 Å². The van der Waals surface area contributed by atoms with E-state index in [1.165, 1.54) is 17.0 Å². The van der Waals surface area contributed by atoms with Gasteiger partial charge < -0.3 is 19.2 Å². The number of carbonyl (C=O) groups excluding carboxylic acids is 3. The number of phenols is 1. The molecule has 1 amide bonds.